The van der Waals surface area contributed by atoms with Crippen LogP contribution >= 0.6 is 22.9 Å². The summed E-state index contributed by atoms with van der Waals surface area (Å²) in [4.78, 5) is 1.36. The third kappa shape index (κ3) is 2.46. The Balaban J connectivity index is 1.93. The highest BCUT2D eigenvalue weighted by atomic mass is 35.5. The lowest BCUT2D eigenvalue weighted by Gasteiger charge is -2.22. The van der Waals surface area contributed by atoms with E-state index in [9.17, 15) is 0 Å². The van der Waals surface area contributed by atoms with Gasteiger partial charge in [-0.15, -0.1) is 11.3 Å². The predicted molar refractivity (Wildman–Crippen MR) is 58.6 cm³/mol. The molecule has 1 fully saturated rings. The maximum atomic E-state index is 6.05. The van der Waals surface area contributed by atoms with Crippen LogP contribution in [0.1, 0.15) is 17.7 Å². The van der Waals surface area contributed by atoms with Crippen molar-refractivity contribution in [2.75, 3.05) is 13.1 Å². The topological polar surface area (TPSA) is 12.0 Å². The third-order valence-electron chi connectivity index (χ3n) is 2.56. The van der Waals surface area contributed by atoms with Crippen molar-refractivity contribution in [2.45, 2.75) is 19.3 Å². The Labute approximate surface area is 88.1 Å². The van der Waals surface area contributed by atoms with Crippen molar-refractivity contribution in [3.05, 3.63) is 21.3 Å². The minimum Gasteiger partial charge on any atom is -0.316 e. The van der Waals surface area contributed by atoms with Gasteiger partial charge in [0, 0.05) is 4.88 Å². The Morgan fingerprint density at radius 1 is 1.62 bits per heavy atom. The highest BCUT2D eigenvalue weighted by molar-refractivity contribution is 7.10. The third-order valence-corrected chi connectivity index (χ3v) is 3.97. The van der Waals surface area contributed by atoms with Gasteiger partial charge in [-0.1, -0.05) is 11.6 Å². The van der Waals surface area contributed by atoms with Crippen LogP contribution < -0.4 is 5.32 Å². The SMILES string of the molecule is Clc1ccsc1C[C@@H]1CCCNC1. The van der Waals surface area contributed by atoms with Gasteiger partial charge in [-0.25, -0.2) is 0 Å². The molecule has 0 saturated carbocycles. The van der Waals surface area contributed by atoms with Crippen LogP contribution in [0.15, 0.2) is 11.4 Å². The second kappa shape index (κ2) is 4.45. The molecule has 0 spiro atoms. The molecule has 13 heavy (non-hydrogen) atoms. The molecule has 2 heterocycles. The van der Waals surface area contributed by atoms with Crippen LogP contribution in [0.4, 0.5) is 0 Å². The first-order chi connectivity index (χ1) is 6.36. The van der Waals surface area contributed by atoms with Gasteiger partial charge < -0.3 is 5.32 Å². The molecule has 72 valence electrons. The zero-order valence-electron chi connectivity index (χ0n) is 7.55. The average Bonchev–Trinajstić information content (AvgIpc) is 2.54. The Bertz CT molecular complexity index is 266. The van der Waals surface area contributed by atoms with Gasteiger partial charge in [0.15, 0.2) is 0 Å². The number of halogens is 1. The van der Waals surface area contributed by atoms with Crippen LogP contribution in [0, 0.1) is 5.92 Å². The van der Waals surface area contributed by atoms with Gasteiger partial charge in [0.05, 0.1) is 5.02 Å². The fourth-order valence-corrected chi connectivity index (χ4v) is 3.06. The smallest absolute Gasteiger partial charge is 0.0545 e. The van der Waals surface area contributed by atoms with Crippen molar-refractivity contribution < 1.29 is 0 Å². The molecule has 1 aliphatic heterocycles. The second-order valence-corrected chi connectivity index (χ2v) is 5.02. The number of rotatable bonds is 2. The number of piperidine rings is 1. The molecule has 0 bridgehead atoms. The van der Waals surface area contributed by atoms with E-state index in [4.69, 9.17) is 11.6 Å². The molecular weight excluding hydrogens is 202 g/mol. The lowest BCUT2D eigenvalue weighted by Crippen LogP contribution is -2.30. The van der Waals surface area contributed by atoms with Crippen LogP contribution in [-0.2, 0) is 6.42 Å². The summed E-state index contributed by atoms with van der Waals surface area (Å²) in [5.41, 5.74) is 0. The van der Waals surface area contributed by atoms with E-state index in [-0.39, 0.29) is 0 Å². The summed E-state index contributed by atoms with van der Waals surface area (Å²) < 4.78 is 0. The standard InChI is InChI=1S/C10H14ClNS/c11-9-3-5-13-10(9)6-8-2-1-4-12-7-8/h3,5,8,12H,1-2,4,6-7H2/t8-/m0/s1. The number of hydrogen-bond acceptors (Lipinski definition) is 2. The highest BCUT2D eigenvalue weighted by Crippen LogP contribution is 2.26. The van der Waals surface area contributed by atoms with Crippen molar-refractivity contribution in [3.8, 4) is 0 Å². The Hall–Kier alpha value is -0.0500. The first kappa shape index (κ1) is 9.50. The minimum absolute atomic E-state index is 0.796. The maximum absolute atomic E-state index is 6.05. The first-order valence-electron chi connectivity index (χ1n) is 4.79. The van der Waals surface area contributed by atoms with Crippen LogP contribution in [0.25, 0.3) is 0 Å². The van der Waals surface area contributed by atoms with Gasteiger partial charge in [0.25, 0.3) is 0 Å². The van der Waals surface area contributed by atoms with E-state index in [1.54, 1.807) is 11.3 Å². The van der Waals surface area contributed by atoms with Crippen molar-refractivity contribution in [1.29, 1.82) is 0 Å². The first-order valence-corrected chi connectivity index (χ1v) is 6.04. The molecular formula is C10H14ClNS. The lowest BCUT2D eigenvalue weighted by atomic mass is 9.96. The van der Waals surface area contributed by atoms with Gasteiger partial charge in [-0.2, -0.15) is 0 Å². The molecule has 1 saturated heterocycles. The molecule has 0 unspecified atom stereocenters. The number of nitrogens with one attached hydrogen (secondary N) is 1. The zero-order chi connectivity index (χ0) is 9.10. The molecule has 1 aromatic heterocycles. The molecule has 1 N–H and O–H groups in total. The summed E-state index contributed by atoms with van der Waals surface area (Å²) in [5.74, 6) is 0.796. The van der Waals surface area contributed by atoms with Crippen LogP contribution in [0.3, 0.4) is 0 Å². The zero-order valence-corrected chi connectivity index (χ0v) is 9.13. The minimum atomic E-state index is 0.796. The predicted octanol–water partition coefficient (Wildman–Crippen LogP) is 2.94. The Morgan fingerprint density at radius 3 is 3.15 bits per heavy atom. The van der Waals surface area contributed by atoms with Crippen molar-refractivity contribution in [3.63, 3.8) is 0 Å². The summed E-state index contributed by atoms with van der Waals surface area (Å²) in [5, 5.41) is 6.46. The van der Waals surface area contributed by atoms with Gasteiger partial charge in [-0.05, 0) is 49.7 Å². The number of hydrogen-bond donors (Lipinski definition) is 1. The number of thiophene rings is 1. The molecule has 0 amide bonds. The van der Waals surface area contributed by atoms with Gasteiger partial charge >= 0.3 is 0 Å². The lowest BCUT2D eigenvalue weighted by molar-refractivity contribution is 0.378. The highest BCUT2D eigenvalue weighted by Gasteiger charge is 2.15. The molecule has 0 radical (unpaired) electrons. The molecule has 1 nitrogen and oxygen atoms in total. The van der Waals surface area contributed by atoms with E-state index < -0.39 is 0 Å². The molecule has 0 aliphatic carbocycles. The van der Waals surface area contributed by atoms with Crippen molar-refractivity contribution >= 4 is 22.9 Å². The second-order valence-electron chi connectivity index (χ2n) is 3.61. The van der Waals surface area contributed by atoms with E-state index in [0.717, 1.165) is 23.9 Å². The monoisotopic (exact) mass is 215 g/mol. The Morgan fingerprint density at radius 2 is 2.54 bits per heavy atom. The summed E-state index contributed by atoms with van der Waals surface area (Å²) in [6.45, 7) is 2.35. The van der Waals surface area contributed by atoms with Crippen LogP contribution in [0.2, 0.25) is 5.02 Å². The fraction of sp³-hybridized carbons (Fsp3) is 0.600. The molecule has 1 aliphatic rings. The summed E-state index contributed by atoms with van der Waals surface area (Å²) in [6, 6.07) is 2.00. The van der Waals surface area contributed by atoms with E-state index in [1.807, 2.05) is 6.07 Å². The maximum Gasteiger partial charge on any atom is 0.0545 e. The van der Waals surface area contributed by atoms with Crippen molar-refractivity contribution in [1.82, 2.24) is 5.32 Å². The van der Waals surface area contributed by atoms with Gasteiger partial charge in [-0.3, -0.25) is 0 Å². The van der Waals surface area contributed by atoms with Crippen molar-refractivity contribution in [2.24, 2.45) is 5.92 Å². The quantitative estimate of drug-likeness (QED) is 0.800. The molecule has 2 rings (SSSR count). The average molecular weight is 216 g/mol. The van der Waals surface area contributed by atoms with Crippen LogP contribution in [-0.4, -0.2) is 13.1 Å². The van der Waals surface area contributed by atoms with E-state index >= 15 is 0 Å². The van der Waals surface area contributed by atoms with E-state index in [2.05, 4.69) is 10.7 Å². The van der Waals surface area contributed by atoms with E-state index in [1.165, 1.54) is 24.3 Å². The van der Waals surface area contributed by atoms with Gasteiger partial charge in [0.1, 0.15) is 0 Å². The molecule has 0 aromatic carbocycles. The molecule has 1 aromatic rings. The fourth-order valence-electron chi connectivity index (χ4n) is 1.83. The summed E-state index contributed by atoms with van der Waals surface area (Å²) in [7, 11) is 0. The molecule has 3 heteroatoms. The molecule has 1 atom stereocenters. The van der Waals surface area contributed by atoms with E-state index in [0.29, 0.717) is 0 Å². The Kier molecular flexibility index (Phi) is 3.25. The van der Waals surface area contributed by atoms with Crippen LogP contribution in [0.5, 0.6) is 0 Å². The summed E-state index contributed by atoms with van der Waals surface area (Å²) in [6.07, 6.45) is 3.82. The summed E-state index contributed by atoms with van der Waals surface area (Å²) >= 11 is 7.83. The largest absolute Gasteiger partial charge is 0.316 e. The normalized spacial score (nSPS) is 23.3. The van der Waals surface area contributed by atoms with Gasteiger partial charge in [0.2, 0.25) is 0 Å².